The van der Waals surface area contributed by atoms with Gasteiger partial charge in [-0.15, -0.1) is 0 Å². The fraction of sp³-hybridized carbons (Fsp3) is 0.741. The number of esters is 2. The average Bonchev–Trinajstić information content (AvgIpc) is 3.46. The van der Waals surface area contributed by atoms with E-state index in [1.807, 2.05) is 27.7 Å². The van der Waals surface area contributed by atoms with Crippen molar-refractivity contribution >= 4 is 17.7 Å². The molecule has 6 rings (SSSR count). The van der Waals surface area contributed by atoms with E-state index in [4.69, 9.17) is 18.6 Å². The van der Waals surface area contributed by atoms with Crippen molar-refractivity contribution in [3.05, 3.63) is 24.2 Å². The smallest absolute Gasteiger partial charge is 0.335 e. The lowest BCUT2D eigenvalue weighted by molar-refractivity contribution is -0.317. The Morgan fingerprint density at radius 2 is 1.94 bits per heavy atom. The largest absolute Gasteiger partial charge is 0.472 e. The van der Waals surface area contributed by atoms with Crippen molar-refractivity contribution in [1.29, 1.82) is 0 Å². The molecule has 196 valence electrons. The standard InChI is InChI=1S/C27H34O9/c1-23(2)18(17(29)22(31)33-5)25(4)15-6-8-24(3)20(13-7-9-34-12-13)35-16(28)11-27(24,32)26(15)10-14(19(25)30)21(23)36-26/h7,9,12,14-15,17-18,20-21,29,32H,6,8,10-11H2,1-5H3/t14-,15?,17-,18+,20+,21-,24+,25-,26+,27?/m1/s1. The molecule has 10 atom stereocenters. The Morgan fingerprint density at radius 1 is 1.22 bits per heavy atom. The van der Waals surface area contributed by atoms with Gasteiger partial charge in [0.25, 0.3) is 0 Å². The number of aliphatic hydroxyl groups excluding tert-OH is 1. The number of aliphatic hydroxyl groups is 2. The van der Waals surface area contributed by atoms with Crippen LogP contribution >= 0.6 is 0 Å². The van der Waals surface area contributed by atoms with E-state index in [1.165, 1.54) is 19.6 Å². The summed E-state index contributed by atoms with van der Waals surface area (Å²) in [6, 6.07) is 1.73. The zero-order valence-corrected chi connectivity index (χ0v) is 21.3. The molecule has 5 aliphatic rings. The Hall–Kier alpha value is -2.23. The molecule has 5 fully saturated rings. The zero-order valence-electron chi connectivity index (χ0n) is 21.3. The van der Waals surface area contributed by atoms with Crippen LogP contribution in [-0.4, -0.2) is 58.5 Å². The fourth-order valence-corrected chi connectivity index (χ4v) is 9.58. The summed E-state index contributed by atoms with van der Waals surface area (Å²) in [5.74, 6) is -3.19. The summed E-state index contributed by atoms with van der Waals surface area (Å²) in [7, 11) is 1.21. The van der Waals surface area contributed by atoms with Crippen molar-refractivity contribution < 1.29 is 43.2 Å². The Morgan fingerprint density at radius 3 is 2.58 bits per heavy atom. The van der Waals surface area contributed by atoms with E-state index < -0.39 is 75.5 Å². The number of ether oxygens (including phenoxy) is 3. The average molecular weight is 503 g/mol. The van der Waals surface area contributed by atoms with Crippen molar-refractivity contribution in [2.45, 2.75) is 82.9 Å². The van der Waals surface area contributed by atoms with Crippen LogP contribution in [0.15, 0.2) is 23.0 Å². The van der Waals surface area contributed by atoms with E-state index in [-0.39, 0.29) is 12.2 Å². The van der Waals surface area contributed by atoms with E-state index in [1.54, 1.807) is 6.07 Å². The van der Waals surface area contributed by atoms with Gasteiger partial charge in [0.15, 0.2) is 6.10 Å². The Bertz CT molecular complexity index is 1140. The van der Waals surface area contributed by atoms with Crippen LogP contribution in [-0.2, 0) is 28.6 Å². The number of carbonyl (C=O) groups excluding carboxylic acids is 3. The SMILES string of the molecule is COC(=O)[C@H](O)[C@H]1C(C)(C)[C@@H]2O[C@@]34C[C@@H]2C(=O)[C@]1(C)C3CC[C@@]1(C)[C@H](c2ccoc2)OC(=O)CC41O. The molecule has 3 bridgehead atoms. The summed E-state index contributed by atoms with van der Waals surface area (Å²) >= 11 is 0. The lowest BCUT2D eigenvalue weighted by atomic mass is 9.36. The van der Waals surface area contributed by atoms with E-state index in [0.717, 1.165) is 0 Å². The molecule has 1 spiro atoms. The van der Waals surface area contributed by atoms with Gasteiger partial charge in [-0.2, -0.15) is 0 Å². The van der Waals surface area contributed by atoms with E-state index in [2.05, 4.69) is 0 Å². The molecule has 0 amide bonds. The molecule has 36 heavy (non-hydrogen) atoms. The third-order valence-electron chi connectivity index (χ3n) is 11.0. The van der Waals surface area contributed by atoms with Gasteiger partial charge in [-0.3, -0.25) is 9.59 Å². The van der Waals surface area contributed by atoms with Crippen LogP contribution < -0.4 is 0 Å². The van der Waals surface area contributed by atoms with Gasteiger partial charge < -0.3 is 28.8 Å². The Labute approximate surface area is 209 Å². The highest BCUT2D eigenvalue weighted by Crippen LogP contribution is 2.77. The maximum Gasteiger partial charge on any atom is 0.335 e. The van der Waals surface area contributed by atoms with Crippen molar-refractivity contribution in [3.8, 4) is 0 Å². The van der Waals surface area contributed by atoms with Crippen molar-refractivity contribution in [3.63, 3.8) is 0 Å². The van der Waals surface area contributed by atoms with Gasteiger partial charge in [-0.25, -0.2) is 4.79 Å². The summed E-state index contributed by atoms with van der Waals surface area (Å²) in [5.41, 5.74) is -5.07. The molecular weight excluding hydrogens is 468 g/mol. The molecule has 1 aromatic rings. The second-order valence-electron chi connectivity index (χ2n) is 12.6. The molecule has 9 heteroatoms. The summed E-state index contributed by atoms with van der Waals surface area (Å²) in [5, 5.41) is 24.0. The third kappa shape index (κ3) is 2.41. The molecule has 3 heterocycles. The number of ketones is 1. The molecule has 9 nitrogen and oxygen atoms in total. The van der Waals surface area contributed by atoms with Gasteiger partial charge in [0, 0.05) is 34.1 Å². The lowest BCUT2D eigenvalue weighted by Crippen LogP contribution is -2.77. The number of Topliss-reactive ketones (excluding diaryl/α,β-unsaturated/α-hetero) is 1. The first-order valence-corrected chi connectivity index (χ1v) is 12.7. The topological polar surface area (TPSA) is 132 Å². The highest BCUT2D eigenvalue weighted by atomic mass is 16.6. The number of methoxy groups -OCH3 is 1. The Kier molecular flexibility index (Phi) is 4.69. The van der Waals surface area contributed by atoms with Crippen molar-refractivity contribution in [1.82, 2.24) is 0 Å². The molecule has 2 N–H and O–H groups in total. The van der Waals surface area contributed by atoms with Crippen LogP contribution in [0, 0.1) is 34.0 Å². The quantitative estimate of drug-likeness (QED) is 0.598. The van der Waals surface area contributed by atoms with Crippen LogP contribution in [0.4, 0.5) is 0 Å². The molecule has 0 aromatic carbocycles. The van der Waals surface area contributed by atoms with E-state index in [9.17, 15) is 24.6 Å². The summed E-state index contributed by atoms with van der Waals surface area (Å²) < 4.78 is 22.9. The number of rotatable bonds is 3. The summed E-state index contributed by atoms with van der Waals surface area (Å²) in [4.78, 5) is 39.7. The summed E-state index contributed by atoms with van der Waals surface area (Å²) in [6.45, 7) is 7.56. The Balaban J connectivity index is 1.56. The number of furan rings is 1. The first-order valence-electron chi connectivity index (χ1n) is 12.7. The van der Waals surface area contributed by atoms with E-state index >= 15 is 0 Å². The third-order valence-corrected chi connectivity index (χ3v) is 11.0. The minimum absolute atomic E-state index is 0.0464. The van der Waals surface area contributed by atoms with Crippen LogP contribution in [0.1, 0.15) is 65.0 Å². The molecule has 2 aliphatic heterocycles. The first kappa shape index (κ1) is 24.1. The molecule has 2 saturated heterocycles. The van der Waals surface area contributed by atoms with Crippen LogP contribution in [0.25, 0.3) is 0 Å². The molecule has 1 aromatic heterocycles. The monoisotopic (exact) mass is 502 g/mol. The normalized spacial score (nSPS) is 49.1. The molecule has 2 unspecified atom stereocenters. The number of hydrogen-bond acceptors (Lipinski definition) is 9. The van der Waals surface area contributed by atoms with Crippen LogP contribution in [0.3, 0.4) is 0 Å². The van der Waals surface area contributed by atoms with Gasteiger partial charge in [0.2, 0.25) is 0 Å². The predicted octanol–water partition coefficient (Wildman–Crippen LogP) is 2.34. The van der Waals surface area contributed by atoms with Crippen LogP contribution in [0.2, 0.25) is 0 Å². The first-order chi connectivity index (χ1) is 16.8. The lowest BCUT2D eigenvalue weighted by Gasteiger charge is -2.68. The number of carbonyl (C=O) groups is 3. The molecule has 0 radical (unpaired) electrons. The highest BCUT2D eigenvalue weighted by Gasteiger charge is 2.85. The van der Waals surface area contributed by atoms with E-state index in [0.29, 0.717) is 24.8 Å². The van der Waals surface area contributed by atoms with Crippen molar-refractivity contribution in [2.75, 3.05) is 7.11 Å². The van der Waals surface area contributed by atoms with Gasteiger partial charge in [0.1, 0.15) is 23.1 Å². The van der Waals surface area contributed by atoms with Crippen molar-refractivity contribution in [2.24, 2.45) is 34.0 Å². The second kappa shape index (κ2) is 6.99. The number of cyclic esters (lactones) is 1. The minimum Gasteiger partial charge on any atom is -0.472 e. The highest BCUT2D eigenvalue weighted by molar-refractivity contribution is 5.93. The maximum absolute atomic E-state index is 14.1. The number of hydrogen-bond donors (Lipinski definition) is 2. The van der Waals surface area contributed by atoms with Gasteiger partial charge in [0.05, 0.1) is 32.2 Å². The maximum atomic E-state index is 14.1. The molecular formula is C27H34O9. The number of fused-ring (bicyclic) bond motifs is 3. The fourth-order valence-electron chi connectivity index (χ4n) is 9.58. The molecule has 3 aliphatic carbocycles. The minimum atomic E-state index is -1.64. The van der Waals surface area contributed by atoms with Crippen LogP contribution in [0.5, 0.6) is 0 Å². The van der Waals surface area contributed by atoms with Gasteiger partial charge in [-0.05, 0) is 30.7 Å². The van der Waals surface area contributed by atoms with Gasteiger partial charge >= 0.3 is 11.9 Å². The summed E-state index contributed by atoms with van der Waals surface area (Å²) in [6.07, 6.45) is 1.10. The van der Waals surface area contributed by atoms with Gasteiger partial charge in [-0.1, -0.05) is 27.7 Å². The predicted molar refractivity (Wildman–Crippen MR) is 122 cm³/mol. The second-order valence-corrected chi connectivity index (χ2v) is 12.6. The molecule has 3 saturated carbocycles. The zero-order chi connectivity index (χ0) is 26.1.